The van der Waals surface area contributed by atoms with Crippen LogP contribution in [0.5, 0.6) is 0 Å². The Morgan fingerprint density at radius 2 is 1.85 bits per heavy atom. The third-order valence-corrected chi connectivity index (χ3v) is 8.49. The number of amides is 2. The highest BCUT2D eigenvalue weighted by atomic mass is 35.5. The number of halogens is 1. The van der Waals surface area contributed by atoms with E-state index < -0.39 is 0 Å². The van der Waals surface area contributed by atoms with Gasteiger partial charge in [-0.2, -0.15) is 0 Å². The Labute approximate surface area is 235 Å². The van der Waals surface area contributed by atoms with Crippen molar-refractivity contribution in [2.24, 2.45) is 5.73 Å². The van der Waals surface area contributed by atoms with Crippen LogP contribution in [0.2, 0.25) is 5.15 Å². The molecule has 210 valence electrons. The van der Waals surface area contributed by atoms with Gasteiger partial charge in [-0.25, -0.2) is 9.97 Å². The number of anilines is 2. The first kappa shape index (κ1) is 27.6. The van der Waals surface area contributed by atoms with Gasteiger partial charge in [0.25, 0.3) is 5.91 Å². The summed E-state index contributed by atoms with van der Waals surface area (Å²) in [5.74, 6) is -0.0152. The topological polar surface area (TPSA) is 134 Å². The van der Waals surface area contributed by atoms with E-state index in [9.17, 15) is 9.59 Å². The average Bonchev–Trinajstić information content (AvgIpc) is 3.74. The molecule has 3 aliphatic rings. The maximum absolute atomic E-state index is 12.5. The second kappa shape index (κ2) is 11.7. The molecule has 1 aliphatic carbocycles. The van der Waals surface area contributed by atoms with Crippen molar-refractivity contribution in [1.82, 2.24) is 25.1 Å². The van der Waals surface area contributed by atoms with Gasteiger partial charge in [-0.3, -0.25) is 19.4 Å². The van der Waals surface area contributed by atoms with Gasteiger partial charge in [0, 0.05) is 49.9 Å². The highest BCUT2D eigenvalue weighted by Gasteiger charge is 2.35. The van der Waals surface area contributed by atoms with Crippen LogP contribution in [0.1, 0.15) is 71.0 Å². The molecule has 1 atom stereocenters. The number of piperidine rings is 1. The maximum atomic E-state index is 12.5. The third kappa shape index (κ3) is 6.28. The summed E-state index contributed by atoms with van der Waals surface area (Å²) in [6.45, 7) is 9.33. The molecule has 1 aromatic carbocycles. The lowest BCUT2D eigenvalue weighted by atomic mass is 9.97. The molecule has 2 amide bonds. The second-order valence-corrected chi connectivity index (χ2v) is 11.5. The van der Waals surface area contributed by atoms with E-state index in [0.717, 1.165) is 82.5 Å². The van der Waals surface area contributed by atoms with Crippen molar-refractivity contribution in [3.05, 3.63) is 45.7 Å². The molecule has 3 fully saturated rings. The van der Waals surface area contributed by atoms with Crippen molar-refractivity contribution in [2.45, 2.75) is 70.6 Å². The fraction of sp³-hybridized carbons (Fsp3) is 0.571. The average molecular weight is 555 g/mol. The molecule has 0 unspecified atom stereocenters. The Balaban J connectivity index is 1.19. The molecule has 0 spiro atoms. The zero-order valence-corrected chi connectivity index (χ0v) is 23.6. The molecule has 0 bridgehead atoms. The first-order chi connectivity index (χ1) is 18.7. The minimum atomic E-state index is -0.366. The van der Waals surface area contributed by atoms with Crippen LogP contribution in [0.25, 0.3) is 0 Å². The molecule has 10 nitrogen and oxygen atoms in total. The molecular formula is C28H39ClN8O2. The van der Waals surface area contributed by atoms with Crippen LogP contribution in [-0.2, 0) is 6.54 Å². The van der Waals surface area contributed by atoms with E-state index in [2.05, 4.69) is 36.9 Å². The molecule has 5 N–H and O–H groups in total. The van der Waals surface area contributed by atoms with Crippen molar-refractivity contribution in [3.8, 4) is 0 Å². The number of aromatic nitrogens is 2. The Morgan fingerprint density at radius 1 is 1.10 bits per heavy atom. The monoisotopic (exact) mass is 554 g/mol. The molecule has 5 rings (SSSR count). The van der Waals surface area contributed by atoms with Gasteiger partial charge in [0.1, 0.15) is 0 Å². The lowest BCUT2D eigenvalue weighted by Crippen LogP contribution is -2.58. The van der Waals surface area contributed by atoms with Crippen LogP contribution < -0.4 is 21.7 Å². The van der Waals surface area contributed by atoms with Gasteiger partial charge in [-0.1, -0.05) is 36.2 Å². The predicted molar refractivity (Wildman–Crippen MR) is 153 cm³/mol. The maximum Gasteiger partial charge on any atom is 0.274 e. The van der Waals surface area contributed by atoms with E-state index in [1.54, 1.807) is 0 Å². The number of carbonyl (C=O) groups excluding carboxylic acids is 2. The molecule has 11 heteroatoms. The number of nitrogens with zero attached hydrogens (tertiary/aromatic N) is 5. The highest BCUT2D eigenvalue weighted by molar-refractivity contribution is 6.32. The molecule has 1 aromatic heterocycles. The van der Waals surface area contributed by atoms with Crippen molar-refractivity contribution < 1.29 is 9.59 Å². The van der Waals surface area contributed by atoms with Gasteiger partial charge >= 0.3 is 0 Å². The van der Waals surface area contributed by atoms with Gasteiger partial charge in [-0.05, 0) is 63.7 Å². The summed E-state index contributed by atoms with van der Waals surface area (Å²) < 4.78 is 0. The Bertz CT molecular complexity index is 1230. The first-order valence-electron chi connectivity index (χ1n) is 14.0. The van der Waals surface area contributed by atoms with Gasteiger partial charge in [-0.15, -0.1) is 0 Å². The molecule has 0 radical (unpaired) electrons. The van der Waals surface area contributed by atoms with Crippen molar-refractivity contribution in [1.29, 1.82) is 0 Å². The SMILES string of the molecule is CC[C@H]1CN(c2nc(N)c(C(=O)NC3CC3)nc2Cl)CCN1C1CCN(Cc2ccc(C)cc2C(N)=O)CC1. The van der Waals surface area contributed by atoms with Crippen LogP contribution in [0, 0.1) is 6.92 Å². The Morgan fingerprint density at radius 3 is 2.51 bits per heavy atom. The van der Waals surface area contributed by atoms with Crippen LogP contribution in [0.4, 0.5) is 11.6 Å². The summed E-state index contributed by atoms with van der Waals surface area (Å²) in [6, 6.07) is 7.02. The number of benzene rings is 1. The van der Waals surface area contributed by atoms with Crippen LogP contribution >= 0.6 is 11.6 Å². The Kier molecular flexibility index (Phi) is 8.25. The summed E-state index contributed by atoms with van der Waals surface area (Å²) in [4.78, 5) is 40.5. The number of hydrogen-bond acceptors (Lipinski definition) is 8. The molecule has 3 heterocycles. The first-order valence-corrected chi connectivity index (χ1v) is 14.4. The summed E-state index contributed by atoms with van der Waals surface area (Å²) in [6.07, 6.45) is 5.12. The van der Waals surface area contributed by atoms with Gasteiger partial charge in [0.2, 0.25) is 5.91 Å². The number of nitrogens with two attached hydrogens (primary N) is 2. The van der Waals surface area contributed by atoms with Crippen molar-refractivity contribution in [3.63, 3.8) is 0 Å². The highest BCUT2D eigenvalue weighted by Crippen LogP contribution is 2.30. The smallest absolute Gasteiger partial charge is 0.274 e. The largest absolute Gasteiger partial charge is 0.382 e. The number of aryl methyl sites for hydroxylation is 1. The van der Waals surface area contributed by atoms with E-state index in [4.69, 9.17) is 23.1 Å². The van der Waals surface area contributed by atoms with E-state index in [-0.39, 0.29) is 34.5 Å². The number of likely N-dealkylation sites (tertiary alicyclic amines) is 1. The third-order valence-electron chi connectivity index (χ3n) is 8.24. The van der Waals surface area contributed by atoms with E-state index >= 15 is 0 Å². The minimum absolute atomic E-state index is 0.0988. The zero-order chi connectivity index (χ0) is 27.7. The van der Waals surface area contributed by atoms with E-state index in [1.807, 2.05) is 25.1 Å². The summed E-state index contributed by atoms with van der Waals surface area (Å²) in [5, 5.41) is 3.11. The molecule has 2 saturated heterocycles. The zero-order valence-electron chi connectivity index (χ0n) is 22.8. The number of carbonyl (C=O) groups is 2. The predicted octanol–water partition coefficient (Wildman–Crippen LogP) is 2.58. The quantitative estimate of drug-likeness (QED) is 0.453. The number of piperazine rings is 1. The van der Waals surface area contributed by atoms with Crippen molar-refractivity contribution in [2.75, 3.05) is 43.4 Å². The summed E-state index contributed by atoms with van der Waals surface area (Å²) in [5.41, 5.74) is 14.6. The van der Waals surface area contributed by atoms with Gasteiger partial charge in [0.15, 0.2) is 22.5 Å². The van der Waals surface area contributed by atoms with E-state index in [0.29, 0.717) is 23.5 Å². The van der Waals surface area contributed by atoms with Gasteiger partial charge < -0.3 is 21.7 Å². The number of nitrogen functional groups attached to an aromatic ring is 1. The summed E-state index contributed by atoms with van der Waals surface area (Å²) in [7, 11) is 0. The number of nitrogens with one attached hydrogen (secondary N) is 1. The summed E-state index contributed by atoms with van der Waals surface area (Å²) >= 11 is 6.53. The Hall–Kier alpha value is -2.95. The van der Waals surface area contributed by atoms with Crippen LogP contribution in [0.3, 0.4) is 0 Å². The molecule has 39 heavy (non-hydrogen) atoms. The second-order valence-electron chi connectivity index (χ2n) is 11.1. The molecule has 1 saturated carbocycles. The number of hydrogen-bond donors (Lipinski definition) is 3. The molecule has 2 aliphatic heterocycles. The number of primary amides is 1. The van der Waals surface area contributed by atoms with E-state index in [1.165, 1.54) is 0 Å². The van der Waals surface area contributed by atoms with Crippen LogP contribution in [-0.4, -0.2) is 82.4 Å². The fourth-order valence-electron chi connectivity index (χ4n) is 5.88. The normalized spacial score (nSPS) is 21.2. The molecular weight excluding hydrogens is 516 g/mol. The minimum Gasteiger partial charge on any atom is -0.382 e. The lowest BCUT2D eigenvalue weighted by molar-refractivity contribution is 0.0609. The van der Waals surface area contributed by atoms with Crippen molar-refractivity contribution >= 4 is 35.1 Å². The lowest BCUT2D eigenvalue weighted by Gasteiger charge is -2.47. The standard InChI is InChI=1S/C28H39ClN8O2/c1-3-20-16-36(27-24(29)33-23(25(30)34-27)28(39)32-19-6-7-19)12-13-37(20)21-8-10-35(11-9-21)15-18-5-4-17(2)14-22(18)26(31)38/h4-5,14,19-21H,3,6-13,15-16H2,1-2H3,(H2,30,34)(H2,31,38)(H,32,39)/t20-/m0/s1. The fourth-order valence-corrected chi connectivity index (χ4v) is 6.13. The number of rotatable bonds is 8. The molecule has 2 aromatic rings. The van der Waals surface area contributed by atoms with Gasteiger partial charge in [0.05, 0.1) is 0 Å². The van der Waals surface area contributed by atoms with Crippen LogP contribution in [0.15, 0.2) is 18.2 Å².